The Morgan fingerprint density at radius 2 is 2.20 bits per heavy atom. The van der Waals surface area contributed by atoms with Crippen molar-refractivity contribution in [1.82, 2.24) is 4.90 Å². The first-order valence-corrected chi connectivity index (χ1v) is 7.76. The van der Waals surface area contributed by atoms with Crippen LogP contribution in [0, 0.1) is 17.2 Å². The van der Waals surface area contributed by atoms with Crippen LogP contribution in [0.1, 0.15) is 24.3 Å². The fourth-order valence-corrected chi connectivity index (χ4v) is 5.62. The zero-order valence-corrected chi connectivity index (χ0v) is 11.9. The first-order valence-electron chi connectivity index (χ1n) is 6.71. The number of hydrogen-bond donors (Lipinski definition) is 0. The van der Waals surface area contributed by atoms with Crippen molar-refractivity contribution in [2.45, 2.75) is 30.0 Å². The maximum absolute atomic E-state index is 12.4. The van der Waals surface area contributed by atoms with E-state index >= 15 is 0 Å². The van der Waals surface area contributed by atoms with Gasteiger partial charge in [0.1, 0.15) is 5.54 Å². The Morgan fingerprint density at radius 3 is 2.90 bits per heavy atom. The van der Waals surface area contributed by atoms with Gasteiger partial charge in [-0.05, 0) is 12.5 Å². The van der Waals surface area contributed by atoms with Crippen LogP contribution >= 0.6 is 11.8 Å². The van der Waals surface area contributed by atoms with Crippen LogP contribution in [0.3, 0.4) is 0 Å². The van der Waals surface area contributed by atoms with Gasteiger partial charge in [-0.3, -0.25) is 0 Å². The molecule has 3 heterocycles. The third-order valence-corrected chi connectivity index (χ3v) is 6.11. The Kier molecular flexibility index (Phi) is 2.31. The molecular weight excluding hydrogens is 272 g/mol. The van der Waals surface area contributed by atoms with Gasteiger partial charge in [0, 0.05) is 12.2 Å². The molecule has 4 rings (SSSR count). The fourth-order valence-electron chi connectivity index (χ4n) is 3.84. The maximum atomic E-state index is 12.4. The monoisotopic (exact) mass is 286 g/mol. The SMILES string of the molecule is CC12CC(C#N)C3(CSC(c4ccccc4)N13)C(=O)O2. The van der Waals surface area contributed by atoms with Crippen LogP contribution in [0.15, 0.2) is 30.3 Å². The third kappa shape index (κ3) is 1.24. The number of carbonyl (C=O) groups excluding carboxylic acids is 1. The summed E-state index contributed by atoms with van der Waals surface area (Å²) in [6.45, 7) is 1.94. The van der Waals surface area contributed by atoms with E-state index in [2.05, 4.69) is 23.1 Å². The minimum Gasteiger partial charge on any atom is -0.442 e. The molecule has 4 nitrogen and oxygen atoms in total. The number of thioether (sulfide) groups is 1. The molecule has 4 unspecified atom stereocenters. The zero-order chi connectivity index (χ0) is 14.0. The van der Waals surface area contributed by atoms with E-state index in [4.69, 9.17) is 4.74 Å². The van der Waals surface area contributed by atoms with Crippen molar-refractivity contribution >= 4 is 17.7 Å². The summed E-state index contributed by atoms with van der Waals surface area (Å²) < 4.78 is 5.61. The van der Waals surface area contributed by atoms with Crippen LogP contribution in [0.4, 0.5) is 0 Å². The van der Waals surface area contributed by atoms with Crippen LogP contribution in [0.2, 0.25) is 0 Å². The lowest BCUT2D eigenvalue weighted by Gasteiger charge is -2.32. The van der Waals surface area contributed by atoms with Gasteiger partial charge < -0.3 is 4.74 Å². The Morgan fingerprint density at radius 1 is 1.45 bits per heavy atom. The predicted octanol–water partition coefficient (Wildman–Crippen LogP) is 2.29. The van der Waals surface area contributed by atoms with E-state index in [1.54, 1.807) is 11.8 Å². The number of rotatable bonds is 1. The van der Waals surface area contributed by atoms with E-state index in [1.807, 2.05) is 25.1 Å². The molecule has 3 fully saturated rings. The molecule has 0 saturated carbocycles. The summed E-state index contributed by atoms with van der Waals surface area (Å²) in [7, 11) is 0. The summed E-state index contributed by atoms with van der Waals surface area (Å²) in [6.07, 6.45) is 0.610. The third-order valence-electron chi connectivity index (χ3n) is 4.70. The summed E-state index contributed by atoms with van der Waals surface area (Å²) in [6, 6.07) is 12.5. The van der Waals surface area contributed by atoms with Crippen molar-refractivity contribution in [2.75, 3.05) is 5.75 Å². The first kappa shape index (κ1) is 12.2. The second-order valence-electron chi connectivity index (χ2n) is 5.82. The average molecular weight is 286 g/mol. The smallest absolute Gasteiger partial charge is 0.330 e. The topological polar surface area (TPSA) is 53.3 Å². The molecule has 0 spiro atoms. The van der Waals surface area contributed by atoms with Crippen LogP contribution in [0.25, 0.3) is 0 Å². The summed E-state index contributed by atoms with van der Waals surface area (Å²) in [5.41, 5.74) is -0.210. The Balaban J connectivity index is 1.84. The van der Waals surface area contributed by atoms with E-state index in [0.29, 0.717) is 12.2 Å². The molecule has 2 bridgehead atoms. The van der Waals surface area contributed by atoms with Crippen LogP contribution in [0.5, 0.6) is 0 Å². The quantitative estimate of drug-likeness (QED) is 0.741. The molecule has 3 saturated heterocycles. The van der Waals surface area contributed by atoms with Crippen LogP contribution < -0.4 is 0 Å². The minimum atomic E-state index is -0.741. The van der Waals surface area contributed by atoms with Gasteiger partial charge in [0.15, 0.2) is 5.72 Å². The van der Waals surface area contributed by atoms with E-state index in [0.717, 1.165) is 0 Å². The van der Waals surface area contributed by atoms with E-state index in [1.165, 1.54) is 5.56 Å². The number of esters is 1. The molecule has 1 aromatic carbocycles. The molecule has 3 aliphatic heterocycles. The Hall–Kier alpha value is -1.51. The number of hydrogen-bond acceptors (Lipinski definition) is 5. The van der Waals surface area contributed by atoms with Crippen molar-refractivity contribution < 1.29 is 9.53 Å². The van der Waals surface area contributed by atoms with Crippen molar-refractivity contribution in [3.05, 3.63) is 35.9 Å². The lowest BCUT2D eigenvalue weighted by atomic mass is 9.85. The number of nitrogens with zero attached hydrogens (tertiary/aromatic N) is 2. The lowest BCUT2D eigenvalue weighted by Crippen LogP contribution is -2.49. The second-order valence-corrected chi connectivity index (χ2v) is 6.89. The van der Waals surface area contributed by atoms with Gasteiger partial charge in [0.25, 0.3) is 0 Å². The number of nitriles is 1. The van der Waals surface area contributed by atoms with Gasteiger partial charge in [-0.2, -0.15) is 5.26 Å². The normalized spacial score (nSPS) is 42.3. The fraction of sp³-hybridized carbons (Fsp3) is 0.467. The van der Waals surface area contributed by atoms with Crippen molar-refractivity contribution in [2.24, 2.45) is 5.92 Å². The zero-order valence-electron chi connectivity index (χ0n) is 11.1. The summed E-state index contributed by atoms with van der Waals surface area (Å²) in [5.74, 6) is 0.151. The Bertz CT molecular complexity index is 629. The van der Waals surface area contributed by atoms with Crippen LogP contribution in [-0.4, -0.2) is 27.9 Å². The standard InChI is InChI=1S/C15H14N2O2S/c1-14-7-11(8-16)15(13(18)19-14)9-20-12(17(14)15)10-5-3-2-4-6-10/h2-6,11-12H,7,9H2,1H3. The van der Waals surface area contributed by atoms with Gasteiger partial charge in [-0.1, -0.05) is 30.3 Å². The molecule has 0 radical (unpaired) electrons. The second kappa shape index (κ2) is 3.78. The molecule has 20 heavy (non-hydrogen) atoms. The van der Waals surface area contributed by atoms with Crippen LogP contribution in [-0.2, 0) is 9.53 Å². The molecule has 0 N–H and O–H groups in total. The molecular formula is C15H14N2O2S. The highest BCUT2D eigenvalue weighted by Crippen LogP contribution is 2.64. The number of benzene rings is 1. The molecule has 0 aromatic heterocycles. The molecule has 1 aromatic rings. The molecule has 102 valence electrons. The molecule has 0 aliphatic carbocycles. The predicted molar refractivity (Wildman–Crippen MR) is 74.4 cm³/mol. The van der Waals surface area contributed by atoms with Gasteiger partial charge in [-0.15, -0.1) is 11.8 Å². The number of carbonyl (C=O) groups is 1. The highest BCUT2D eigenvalue weighted by Gasteiger charge is 2.75. The van der Waals surface area contributed by atoms with Crippen molar-refractivity contribution in [3.63, 3.8) is 0 Å². The summed E-state index contributed by atoms with van der Waals surface area (Å²) >= 11 is 1.74. The first-order chi connectivity index (χ1) is 9.62. The minimum absolute atomic E-state index is 0.0889. The van der Waals surface area contributed by atoms with E-state index < -0.39 is 11.3 Å². The summed E-state index contributed by atoms with van der Waals surface area (Å²) in [5, 5.41) is 9.51. The largest absolute Gasteiger partial charge is 0.442 e. The average Bonchev–Trinajstić information content (AvgIpc) is 3.02. The lowest BCUT2D eigenvalue weighted by molar-refractivity contribution is -0.158. The van der Waals surface area contributed by atoms with Crippen molar-refractivity contribution in [3.8, 4) is 6.07 Å². The van der Waals surface area contributed by atoms with E-state index in [9.17, 15) is 10.1 Å². The molecule has 4 atom stereocenters. The van der Waals surface area contributed by atoms with Gasteiger partial charge >= 0.3 is 5.97 Å². The van der Waals surface area contributed by atoms with Crippen molar-refractivity contribution in [1.29, 1.82) is 5.26 Å². The molecule has 3 aliphatic rings. The summed E-state index contributed by atoms with van der Waals surface area (Å²) in [4.78, 5) is 14.5. The number of ether oxygens (including phenoxy) is 1. The highest BCUT2D eigenvalue weighted by molar-refractivity contribution is 7.99. The van der Waals surface area contributed by atoms with Gasteiger partial charge in [-0.25, -0.2) is 9.69 Å². The highest BCUT2D eigenvalue weighted by atomic mass is 32.2. The molecule has 0 amide bonds. The van der Waals surface area contributed by atoms with Gasteiger partial charge in [0.05, 0.1) is 17.4 Å². The Labute approximate surface area is 121 Å². The van der Waals surface area contributed by atoms with Gasteiger partial charge in [0.2, 0.25) is 0 Å². The maximum Gasteiger partial charge on any atom is 0.330 e. The molecule has 5 heteroatoms. The van der Waals surface area contributed by atoms with E-state index in [-0.39, 0.29) is 17.3 Å².